The second kappa shape index (κ2) is 7.13. The van der Waals surface area contributed by atoms with E-state index in [0.29, 0.717) is 40.1 Å². The number of amides is 1. The molecule has 0 spiro atoms. The maximum atomic E-state index is 13.0. The van der Waals surface area contributed by atoms with Crippen LogP contribution >= 0.6 is 0 Å². The van der Waals surface area contributed by atoms with Gasteiger partial charge in [-0.25, -0.2) is 9.97 Å². The van der Waals surface area contributed by atoms with Gasteiger partial charge in [-0.3, -0.25) is 14.5 Å². The summed E-state index contributed by atoms with van der Waals surface area (Å²) in [7, 11) is 0. The van der Waals surface area contributed by atoms with E-state index < -0.39 is 0 Å². The first kappa shape index (κ1) is 18.3. The lowest BCUT2D eigenvalue weighted by atomic mass is 9.86. The molecule has 1 heterocycles. The fraction of sp³-hybridized carbons (Fsp3) is 0.273. The van der Waals surface area contributed by atoms with Crippen LogP contribution in [0.5, 0.6) is 0 Å². The van der Waals surface area contributed by atoms with Crippen LogP contribution in [0, 0.1) is 6.92 Å². The highest BCUT2D eigenvalue weighted by Gasteiger charge is 2.28. The molecule has 0 radical (unpaired) electrons. The molecule has 0 atom stereocenters. The van der Waals surface area contributed by atoms with Crippen LogP contribution in [0.2, 0.25) is 0 Å². The monoisotopic (exact) mass is 374 g/mol. The number of fused-ring (bicyclic) bond motifs is 2. The third-order valence-electron chi connectivity index (χ3n) is 5.17. The van der Waals surface area contributed by atoms with Crippen molar-refractivity contribution >= 4 is 28.3 Å². The van der Waals surface area contributed by atoms with E-state index in [9.17, 15) is 9.59 Å². The predicted molar refractivity (Wildman–Crippen MR) is 110 cm³/mol. The van der Waals surface area contributed by atoms with E-state index in [1.165, 1.54) is 0 Å². The Hall–Kier alpha value is -3.12. The first-order chi connectivity index (χ1) is 13.5. The van der Waals surface area contributed by atoms with Gasteiger partial charge in [0.05, 0.1) is 23.4 Å². The number of nitrogens with one attached hydrogen (secondary N) is 1. The number of carbonyl (C=O) groups is 2. The molecule has 0 saturated carbocycles. The Labute approximate surface area is 163 Å². The highest BCUT2D eigenvalue weighted by molar-refractivity contribution is 6.26. The molecule has 0 fully saturated rings. The van der Waals surface area contributed by atoms with Gasteiger partial charge in [-0.05, 0) is 32.1 Å². The first-order valence-electron chi connectivity index (χ1n) is 9.51. The van der Waals surface area contributed by atoms with Crippen LogP contribution < -0.4 is 5.32 Å². The average Bonchev–Trinajstić information content (AvgIpc) is 2.70. The molecule has 0 bridgehead atoms. The summed E-state index contributed by atoms with van der Waals surface area (Å²) in [5.41, 5.74) is 3.98. The van der Waals surface area contributed by atoms with E-state index >= 15 is 0 Å². The standard InChI is InChI=1S/C22H22N4O2/c1-4-26(5-2)12-18(27)25-17-11-10-16-19-20(23-13(3)24-21(17)19)14-8-6-7-9-15(14)22(16)28/h6-11H,4-5,12H2,1-3H3,(H,25,27). The molecule has 1 aromatic heterocycles. The van der Waals surface area contributed by atoms with Gasteiger partial charge in [0.1, 0.15) is 5.82 Å². The van der Waals surface area contributed by atoms with Crippen molar-refractivity contribution in [1.29, 1.82) is 0 Å². The quantitative estimate of drug-likeness (QED) is 0.579. The van der Waals surface area contributed by atoms with Crippen LogP contribution in [0.4, 0.5) is 5.69 Å². The molecule has 6 nitrogen and oxygen atoms in total. The van der Waals surface area contributed by atoms with Crippen LogP contribution in [-0.4, -0.2) is 46.2 Å². The SMILES string of the molecule is CCN(CC)CC(=O)Nc1ccc2c3c(nc(C)nc13)-c1ccccc1C2=O. The number of rotatable bonds is 5. The molecule has 3 aromatic rings. The highest BCUT2D eigenvalue weighted by atomic mass is 16.2. The van der Waals surface area contributed by atoms with E-state index in [0.717, 1.165) is 24.3 Å². The number of hydrogen-bond acceptors (Lipinski definition) is 5. The molecule has 0 aliphatic heterocycles. The summed E-state index contributed by atoms with van der Waals surface area (Å²) in [6, 6.07) is 11.0. The van der Waals surface area contributed by atoms with Crippen molar-refractivity contribution in [1.82, 2.24) is 14.9 Å². The summed E-state index contributed by atoms with van der Waals surface area (Å²) in [6.07, 6.45) is 0. The zero-order valence-electron chi connectivity index (χ0n) is 16.2. The number of hydrogen-bond donors (Lipinski definition) is 1. The van der Waals surface area contributed by atoms with Gasteiger partial charge in [-0.1, -0.05) is 38.1 Å². The number of anilines is 1. The number of aryl methyl sites for hydroxylation is 1. The van der Waals surface area contributed by atoms with Gasteiger partial charge in [0.2, 0.25) is 5.91 Å². The lowest BCUT2D eigenvalue weighted by Crippen LogP contribution is -2.33. The smallest absolute Gasteiger partial charge is 0.238 e. The molecule has 6 heteroatoms. The van der Waals surface area contributed by atoms with Crippen LogP contribution in [0.3, 0.4) is 0 Å². The summed E-state index contributed by atoms with van der Waals surface area (Å²) in [6.45, 7) is 7.80. The zero-order chi connectivity index (χ0) is 19.8. The second-order valence-corrected chi connectivity index (χ2v) is 6.89. The fourth-order valence-electron chi connectivity index (χ4n) is 3.71. The van der Waals surface area contributed by atoms with Crippen LogP contribution in [0.25, 0.3) is 22.2 Å². The Bertz CT molecular complexity index is 1100. The van der Waals surface area contributed by atoms with Gasteiger partial charge in [-0.15, -0.1) is 0 Å². The van der Waals surface area contributed by atoms with Crippen molar-refractivity contribution in [3.8, 4) is 11.3 Å². The molecular weight excluding hydrogens is 352 g/mol. The van der Waals surface area contributed by atoms with Gasteiger partial charge >= 0.3 is 0 Å². The minimum absolute atomic E-state index is 0.0402. The lowest BCUT2D eigenvalue weighted by molar-refractivity contribution is -0.117. The van der Waals surface area contributed by atoms with E-state index in [1.807, 2.05) is 49.9 Å². The van der Waals surface area contributed by atoms with Gasteiger partial charge in [0.25, 0.3) is 0 Å². The number of carbonyl (C=O) groups excluding carboxylic acids is 2. The first-order valence-corrected chi connectivity index (χ1v) is 9.51. The number of aromatic nitrogens is 2. The minimum atomic E-state index is -0.0978. The molecule has 28 heavy (non-hydrogen) atoms. The van der Waals surface area contributed by atoms with Gasteiger partial charge in [-0.2, -0.15) is 0 Å². The molecule has 0 unspecified atom stereocenters. The van der Waals surface area contributed by atoms with Crippen LogP contribution in [-0.2, 0) is 4.79 Å². The molecule has 1 aliphatic rings. The Balaban J connectivity index is 1.85. The molecular formula is C22H22N4O2. The third-order valence-corrected chi connectivity index (χ3v) is 5.17. The molecule has 1 N–H and O–H groups in total. The largest absolute Gasteiger partial charge is 0.323 e. The fourth-order valence-corrected chi connectivity index (χ4v) is 3.71. The number of benzene rings is 2. The number of nitrogens with zero attached hydrogens (tertiary/aromatic N) is 3. The summed E-state index contributed by atoms with van der Waals surface area (Å²) >= 11 is 0. The van der Waals surface area contributed by atoms with Crippen molar-refractivity contribution in [3.63, 3.8) is 0 Å². The number of ketones is 1. The average molecular weight is 374 g/mol. The van der Waals surface area contributed by atoms with E-state index in [1.54, 1.807) is 12.1 Å². The topological polar surface area (TPSA) is 75.2 Å². The van der Waals surface area contributed by atoms with E-state index in [-0.39, 0.29) is 11.7 Å². The molecule has 4 rings (SSSR count). The highest BCUT2D eigenvalue weighted by Crippen LogP contribution is 2.39. The predicted octanol–water partition coefficient (Wildman–Crippen LogP) is 3.43. The maximum absolute atomic E-state index is 13.0. The van der Waals surface area contributed by atoms with Gasteiger partial charge in [0, 0.05) is 22.1 Å². The number of likely N-dealkylation sites (N-methyl/N-ethyl adjacent to an activating group) is 1. The van der Waals surface area contributed by atoms with Crippen molar-refractivity contribution in [2.45, 2.75) is 20.8 Å². The summed E-state index contributed by atoms with van der Waals surface area (Å²) < 4.78 is 0. The summed E-state index contributed by atoms with van der Waals surface area (Å²) in [4.78, 5) is 36.7. The van der Waals surface area contributed by atoms with Crippen LogP contribution in [0.1, 0.15) is 35.6 Å². The molecule has 1 amide bonds. The van der Waals surface area contributed by atoms with Crippen molar-refractivity contribution < 1.29 is 9.59 Å². The summed E-state index contributed by atoms with van der Waals surface area (Å²) in [5.74, 6) is 0.462. The zero-order valence-corrected chi connectivity index (χ0v) is 16.2. The Kier molecular flexibility index (Phi) is 4.65. The minimum Gasteiger partial charge on any atom is -0.323 e. The van der Waals surface area contributed by atoms with E-state index in [2.05, 4.69) is 15.3 Å². The molecule has 0 saturated heterocycles. The molecule has 142 valence electrons. The Morgan fingerprint density at radius 2 is 1.71 bits per heavy atom. The Morgan fingerprint density at radius 1 is 1.00 bits per heavy atom. The van der Waals surface area contributed by atoms with Crippen molar-refractivity contribution in [2.75, 3.05) is 25.0 Å². The second-order valence-electron chi connectivity index (χ2n) is 6.89. The molecule has 1 aliphatic carbocycles. The summed E-state index contributed by atoms with van der Waals surface area (Å²) in [5, 5.41) is 3.67. The van der Waals surface area contributed by atoms with Crippen LogP contribution in [0.15, 0.2) is 36.4 Å². The normalized spacial score (nSPS) is 12.4. The molecule has 2 aromatic carbocycles. The van der Waals surface area contributed by atoms with Gasteiger partial charge in [0.15, 0.2) is 5.78 Å². The van der Waals surface area contributed by atoms with Crippen molar-refractivity contribution in [2.24, 2.45) is 0 Å². The maximum Gasteiger partial charge on any atom is 0.238 e. The van der Waals surface area contributed by atoms with Gasteiger partial charge < -0.3 is 5.32 Å². The third kappa shape index (κ3) is 2.96. The Morgan fingerprint density at radius 3 is 2.43 bits per heavy atom. The van der Waals surface area contributed by atoms with E-state index in [4.69, 9.17) is 0 Å². The lowest BCUT2D eigenvalue weighted by Gasteiger charge is -2.21. The van der Waals surface area contributed by atoms with Crippen molar-refractivity contribution in [3.05, 3.63) is 53.3 Å².